The second-order valence-electron chi connectivity index (χ2n) is 11.1. The fraction of sp³-hybridized carbons (Fsp3) is 0.500. The Morgan fingerprint density at radius 2 is 1.81 bits per heavy atom. The van der Waals surface area contributed by atoms with E-state index in [1.165, 1.54) is 4.90 Å². The molecule has 0 radical (unpaired) electrons. The topological polar surface area (TPSA) is 121 Å². The Morgan fingerprint density at radius 1 is 1.14 bits per heavy atom. The molecule has 2 fully saturated rings. The van der Waals surface area contributed by atoms with Crippen LogP contribution in [0.15, 0.2) is 66.8 Å². The molecule has 2 saturated heterocycles. The Balaban J connectivity index is 0.00000484. The van der Waals surface area contributed by atoms with E-state index in [0.717, 1.165) is 11.1 Å². The fourth-order valence-corrected chi connectivity index (χ4v) is 4.75. The summed E-state index contributed by atoms with van der Waals surface area (Å²) in [7, 11) is 1.59. The van der Waals surface area contributed by atoms with Gasteiger partial charge in [0, 0.05) is 29.4 Å². The summed E-state index contributed by atoms with van der Waals surface area (Å²) in [5.74, 6) is -1.36. The summed E-state index contributed by atoms with van der Waals surface area (Å²) in [6.45, 7) is 11.7. The highest BCUT2D eigenvalue weighted by Gasteiger charge is 2.51. The molecule has 0 bridgehead atoms. The number of nitrogens with one attached hydrogen (secondary N) is 2. The van der Waals surface area contributed by atoms with Gasteiger partial charge in [-0.1, -0.05) is 66.8 Å². The number of benzene rings is 1. The largest absolute Gasteiger partial charge is 0.379 e. The van der Waals surface area contributed by atoms with Crippen molar-refractivity contribution in [2.45, 2.75) is 57.3 Å². The molecule has 0 saturated carbocycles. The minimum atomic E-state index is -0.964. The first kappa shape index (κ1) is 32.9. The Bertz CT molecular complexity index is 1180. The van der Waals surface area contributed by atoms with E-state index in [1.807, 2.05) is 48.2 Å². The molecule has 0 aromatic heterocycles. The summed E-state index contributed by atoms with van der Waals surface area (Å²) in [5.41, 5.74) is 0.812. The maximum absolute atomic E-state index is 14.0. The quantitative estimate of drug-likeness (QED) is 0.240. The molecule has 42 heavy (non-hydrogen) atoms. The highest BCUT2D eigenvalue weighted by Crippen LogP contribution is 2.30. The van der Waals surface area contributed by atoms with Crippen LogP contribution in [0.2, 0.25) is 0 Å². The lowest BCUT2D eigenvalue weighted by Crippen LogP contribution is -2.57. The van der Waals surface area contributed by atoms with Gasteiger partial charge >= 0.3 is 0 Å². The molecular formula is C32H48N4O6. The van der Waals surface area contributed by atoms with Crippen LogP contribution in [-0.4, -0.2) is 104 Å². The van der Waals surface area contributed by atoms with Crippen LogP contribution in [0.3, 0.4) is 0 Å². The number of rotatable bonds is 15. The first-order chi connectivity index (χ1) is 20.0. The zero-order chi connectivity index (χ0) is 30.7. The van der Waals surface area contributed by atoms with Gasteiger partial charge in [0.25, 0.3) is 0 Å². The van der Waals surface area contributed by atoms with Crippen molar-refractivity contribution < 1.29 is 31.5 Å². The van der Waals surface area contributed by atoms with Crippen molar-refractivity contribution >= 4 is 23.5 Å². The van der Waals surface area contributed by atoms with Gasteiger partial charge in [0.2, 0.25) is 17.7 Å². The summed E-state index contributed by atoms with van der Waals surface area (Å²) in [5, 5.41) is 5.57. The lowest BCUT2D eigenvalue weighted by molar-refractivity contribution is -0.142. The second kappa shape index (κ2) is 15.6. The van der Waals surface area contributed by atoms with Crippen molar-refractivity contribution in [3.63, 3.8) is 0 Å². The zero-order valence-corrected chi connectivity index (χ0v) is 25.1. The van der Waals surface area contributed by atoms with Crippen LogP contribution in [0.5, 0.6) is 0 Å². The Kier molecular flexibility index (Phi) is 12.2. The highest BCUT2D eigenvalue weighted by atomic mass is 16.6. The number of hydrogen-bond acceptors (Lipinski definition) is 7. The molecule has 2 heterocycles. The van der Waals surface area contributed by atoms with Crippen molar-refractivity contribution in [2.75, 3.05) is 46.5 Å². The minimum Gasteiger partial charge on any atom is -0.379 e. The number of Topliss-reactive ketones (excluding diaryl/α,β-unsaturated/α-hetero) is 1. The van der Waals surface area contributed by atoms with Gasteiger partial charge < -0.3 is 25.0 Å². The third kappa shape index (κ3) is 9.75. The van der Waals surface area contributed by atoms with Crippen LogP contribution < -0.4 is 10.6 Å². The summed E-state index contributed by atoms with van der Waals surface area (Å²) >= 11 is 0. The Labute approximate surface area is 251 Å². The van der Waals surface area contributed by atoms with Crippen molar-refractivity contribution in [2.24, 2.45) is 0 Å². The van der Waals surface area contributed by atoms with E-state index in [4.69, 9.17) is 9.47 Å². The highest BCUT2D eigenvalue weighted by molar-refractivity contribution is 5.98. The number of hydrogen-bond donors (Lipinski definition) is 2. The lowest BCUT2D eigenvalue weighted by atomic mass is 9.93. The second-order valence-corrected chi connectivity index (χ2v) is 11.1. The molecule has 4 atom stereocenters. The van der Waals surface area contributed by atoms with Crippen LogP contribution in [0.1, 0.15) is 35.6 Å². The number of ketones is 1. The fourth-order valence-electron chi connectivity index (χ4n) is 4.75. The van der Waals surface area contributed by atoms with Gasteiger partial charge in [-0.3, -0.25) is 24.1 Å². The molecule has 3 rings (SSSR count). The average molecular weight is 585 g/mol. The van der Waals surface area contributed by atoms with Crippen molar-refractivity contribution in [3.05, 3.63) is 72.4 Å². The van der Waals surface area contributed by atoms with Crippen LogP contribution in [0.25, 0.3) is 0 Å². The number of carbonyl (C=O) groups is 4. The van der Waals surface area contributed by atoms with Gasteiger partial charge in [0.05, 0.1) is 32.4 Å². The number of carbonyl (C=O) groups excluding carboxylic acids is 4. The van der Waals surface area contributed by atoms with E-state index in [9.17, 15) is 19.2 Å². The number of nitrogens with zero attached hydrogens (tertiary/aromatic N) is 2. The number of epoxide rings is 1. The zero-order valence-electron chi connectivity index (χ0n) is 25.1. The van der Waals surface area contributed by atoms with E-state index in [1.54, 1.807) is 39.1 Å². The van der Waals surface area contributed by atoms with Crippen molar-refractivity contribution in [1.29, 1.82) is 0 Å². The lowest BCUT2D eigenvalue weighted by Gasteiger charge is -2.32. The Morgan fingerprint density at radius 3 is 2.43 bits per heavy atom. The molecule has 2 aliphatic heterocycles. The monoisotopic (exact) mass is 584 g/mol. The third-order valence-electron chi connectivity index (χ3n) is 7.50. The summed E-state index contributed by atoms with van der Waals surface area (Å²) in [4.78, 5) is 56.7. The molecule has 0 spiro atoms. The summed E-state index contributed by atoms with van der Waals surface area (Å²) in [6.07, 6.45) is 7.58. The molecule has 4 unspecified atom stereocenters. The first-order valence-corrected chi connectivity index (χ1v) is 14.4. The molecule has 2 N–H and O–H groups in total. The molecule has 1 aromatic rings. The maximum atomic E-state index is 14.0. The van der Waals surface area contributed by atoms with E-state index >= 15 is 0 Å². The number of amides is 3. The van der Waals surface area contributed by atoms with Gasteiger partial charge in [0.15, 0.2) is 5.78 Å². The molecule has 10 nitrogen and oxygen atoms in total. The van der Waals surface area contributed by atoms with Crippen LogP contribution >= 0.6 is 0 Å². The average Bonchev–Trinajstić information content (AvgIpc) is 3.73. The van der Waals surface area contributed by atoms with Gasteiger partial charge in [-0.2, -0.15) is 0 Å². The van der Waals surface area contributed by atoms with Gasteiger partial charge in [-0.15, -0.1) is 0 Å². The van der Waals surface area contributed by atoms with E-state index in [-0.39, 0.29) is 27.5 Å². The van der Waals surface area contributed by atoms with Crippen LogP contribution in [0, 0.1) is 0 Å². The predicted molar refractivity (Wildman–Crippen MR) is 165 cm³/mol. The smallest absolute Gasteiger partial charge is 0.245 e. The molecule has 232 valence electrons. The molecule has 1 aromatic carbocycles. The summed E-state index contributed by atoms with van der Waals surface area (Å²) < 4.78 is 10.8. The Hall–Kier alpha value is -3.60. The first-order valence-electron chi connectivity index (χ1n) is 14.4. The third-order valence-corrected chi connectivity index (χ3v) is 7.50. The van der Waals surface area contributed by atoms with Crippen LogP contribution in [0.4, 0.5) is 0 Å². The van der Waals surface area contributed by atoms with E-state index < -0.39 is 35.5 Å². The number of allylic oxidation sites excluding steroid dienone is 4. The molecule has 2 aliphatic rings. The normalized spacial score (nSPS) is 21.2. The minimum absolute atomic E-state index is 0. The van der Waals surface area contributed by atoms with E-state index in [0.29, 0.717) is 39.3 Å². The maximum Gasteiger partial charge on any atom is 0.245 e. The standard InChI is InChI=1S/C32H44N4O6.2H2/c1-6-7-9-12-23(2)19-26(34-30(39)24(3)33-28(37)21-36-15-17-41-18-16-36)31(40)35(5)27(29(38)32(4)22-42-32)20-25-13-10-8-11-14-25;;/h6-14,24,26-27H,1,15-22H2,2-5H3,(H,33,37)(H,34,39);2*1H/b9-7-,23-12+;;. The molecule has 10 heteroatoms. The predicted octanol–water partition coefficient (Wildman–Crippen LogP) is 2.31. The molecule has 3 amide bonds. The number of morpholine rings is 1. The van der Waals surface area contributed by atoms with Crippen LogP contribution in [-0.2, 0) is 35.1 Å². The van der Waals surface area contributed by atoms with Crippen molar-refractivity contribution in [1.82, 2.24) is 20.4 Å². The summed E-state index contributed by atoms with van der Waals surface area (Å²) in [6, 6.07) is 6.86. The van der Waals surface area contributed by atoms with Gasteiger partial charge in [0.1, 0.15) is 17.7 Å². The number of ether oxygens (including phenoxy) is 2. The molecular weight excluding hydrogens is 536 g/mol. The van der Waals surface area contributed by atoms with Gasteiger partial charge in [-0.05, 0) is 32.8 Å². The SMILES string of the molecule is C=C/C=C\C=C(/C)CC(NC(=O)C(C)NC(=O)CN1CCOCC1)C(=O)N(C)C(Cc1ccccc1)C(=O)C1(C)CO1.[HH].[HH]. The van der Waals surface area contributed by atoms with Gasteiger partial charge in [-0.25, -0.2) is 0 Å². The number of likely N-dealkylation sites (N-methyl/N-ethyl adjacent to an activating group) is 1. The molecule has 0 aliphatic carbocycles. The van der Waals surface area contributed by atoms with E-state index in [2.05, 4.69) is 17.2 Å². The van der Waals surface area contributed by atoms with Crippen molar-refractivity contribution in [3.8, 4) is 0 Å².